The summed E-state index contributed by atoms with van der Waals surface area (Å²) in [5.74, 6) is 0.790. The normalized spacial score (nSPS) is 50.5. The first-order valence-electron chi connectivity index (χ1n) is 10.3. The molecule has 0 radical (unpaired) electrons. The van der Waals surface area contributed by atoms with Crippen LogP contribution in [0.4, 0.5) is 0 Å². The molecule has 0 saturated heterocycles. The first kappa shape index (κ1) is 18.4. The second-order valence-corrected chi connectivity index (χ2v) is 9.88. The van der Waals surface area contributed by atoms with Gasteiger partial charge in [-0.2, -0.15) is 0 Å². The van der Waals surface area contributed by atoms with Crippen molar-refractivity contribution in [3.05, 3.63) is 0 Å². The standard InChI is InChI=1S/C21H32O5/c1-13(22)25-26-21(24)11-10-19(2)14(12-21)4-5-15-16-6-7-18(23)20(16,3)9-8-17(15)19/h14-17,24H,4-12H2,1-3H3/t14-,15+,16+,17+,19+,20+,21+/m1/s1. The maximum absolute atomic E-state index is 12.5. The molecular weight excluding hydrogens is 332 g/mol. The van der Waals surface area contributed by atoms with Crippen molar-refractivity contribution in [2.45, 2.75) is 84.3 Å². The van der Waals surface area contributed by atoms with Crippen molar-refractivity contribution >= 4 is 11.8 Å². The van der Waals surface area contributed by atoms with E-state index in [1.807, 2.05) is 0 Å². The van der Waals surface area contributed by atoms with E-state index in [1.54, 1.807) is 0 Å². The van der Waals surface area contributed by atoms with Crippen molar-refractivity contribution in [1.82, 2.24) is 0 Å². The highest BCUT2D eigenvalue weighted by Gasteiger charge is 2.61. The van der Waals surface area contributed by atoms with Crippen LogP contribution in [-0.4, -0.2) is 22.6 Å². The van der Waals surface area contributed by atoms with Crippen LogP contribution in [0.1, 0.15) is 78.6 Å². The molecule has 0 heterocycles. The lowest BCUT2D eigenvalue weighted by Gasteiger charge is -2.60. The lowest BCUT2D eigenvalue weighted by atomic mass is 9.45. The van der Waals surface area contributed by atoms with Crippen LogP contribution in [0.5, 0.6) is 0 Å². The average molecular weight is 364 g/mol. The third-order valence-electron chi connectivity index (χ3n) is 8.71. The summed E-state index contributed by atoms with van der Waals surface area (Å²) in [5, 5.41) is 10.8. The number of rotatable bonds is 2. The van der Waals surface area contributed by atoms with Crippen LogP contribution in [0.2, 0.25) is 0 Å². The van der Waals surface area contributed by atoms with Gasteiger partial charge in [-0.1, -0.05) is 13.8 Å². The molecule has 0 aromatic carbocycles. The van der Waals surface area contributed by atoms with Gasteiger partial charge in [-0.05, 0) is 67.6 Å². The predicted molar refractivity (Wildman–Crippen MR) is 94.5 cm³/mol. The number of Topliss-reactive ketones (excluding diaryl/α,β-unsaturated/α-hetero) is 1. The Labute approximate surface area is 155 Å². The highest BCUT2D eigenvalue weighted by molar-refractivity contribution is 5.87. The fraction of sp³-hybridized carbons (Fsp3) is 0.905. The molecular formula is C21H32O5. The number of aliphatic hydroxyl groups is 1. The number of hydrogen-bond donors (Lipinski definition) is 1. The summed E-state index contributed by atoms with van der Waals surface area (Å²) in [7, 11) is 0. The Kier molecular flexibility index (Phi) is 4.27. The molecule has 4 aliphatic carbocycles. The minimum atomic E-state index is -1.35. The largest absolute Gasteiger partial charge is 0.362 e. The van der Waals surface area contributed by atoms with Gasteiger partial charge >= 0.3 is 5.97 Å². The lowest BCUT2D eigenvalue weighted by molar-refractivity contribution is -0.410. The first-order chi connectivity index (χ1) is 12.2. The number of fused-ring (bicyclic) bond motifs is 5. The second-order valence-electron chi connectivity index (χ2n) is 9.88. The van der Waals surface area contributed by atoms with Gasteiger partial charge in [0.25, 0.3) is 0 Å². The maximum Gasteiger partial charge on any atom is 0.339 e. The molecule has 0 spiro atoms. The topological polar surface area (TPSA) is 72.8 Å². The van der Waals surface area contributed by atoms with Crippen LogP contribution in [0, 0.1) is 34.5 Å². The van der Waals surface area contributed by atoms with E-state index in [1.165, 1.54) is 6.92 Å². The third kappa shape index (κ3) is 2.65. The van der Waals surface area contributed by atoms with Gasteiger partial charge in [0.1, 0.15) is 5.78 Å². The van der Waals surface area contributed by atoms with E-state index in [0.717, 1.165) is 44.9 Å². The summed E-state index contributed by atoms with van der Waals surface area (Å²) in [5.41, 5.74) is 0.0971. The van der Waals surface area contributed by atoms with E-state index in [9.17, 15) is 14.7 Å². The smallest absolute Gasteiger partial charge is 0.339 e. The molecule has 4 saturated carbocycles. The lowest BCUT2D eigenvalue weighted by Crippen LogP contribution is -2.56. The molecule has 0 aromatic heterocycles. The van der Waals surface area contributed by atoms with Crippen molar-refractivity contribution in [1.29, 1.82) is 0 Å². The summed E-state index contributed by atoms with van der Waals surface area (Å²) in [4.78, 5) is 33.3. The molecule has 4 aliphatic rings. The number of ketones is 1. The van der Waals surface area contributed by atoms with Crippen LogP contribution >= 0.6 is 0 Å². The van der Waals surface area contributed by atoms with Gasteiger partial charge in [0.15, 0.2) is 0 Å². The molecule has 1 N–H and O–H groups in total. The first-order valence-corrected chi connectivity index (χ1v) is 10.3. The molecule has 7 atom stereocenters. The van der Waals surface area contributed by atoms with Gasteiger partial charge < -0.3 is 5.11 Å². The monoisotopic (exact) mass is 364 g/mol. The Balaban J connectivity index is 1.52. The predicted octanol–water partition coefficient (Wildman–Crippen LogP) is 3.78. The Morgan fingerprint density at radius 2 is 1.85 bits per heavy atom. The highest BCUT2D eigenvalue weighted by Crippen LogP contribution is 2.66. The fourth-order valence-electron chi connectivity index (χ4n) is 7.19. The zero-order valence-corrected chi connectivity index (χ0v) is 16.3. The van der Waals surface area contributed by atoms with Crippen molar-refractivity contribution in [2.24, 2.45) is 34.5 Å². The van der Waals surface area contributed by atoms with Gasteiger partial charge in [0, 0.05) is 31.6 Å². The molecule has 26 heavy (non-hydrogen) atoms. The zero-order chi connectivity index (χ0) is 18.7. The fourth-order valence-corrected chi connectivity index (χ4v) is 7.19. The molecule has 5 nitrogen and oxygen atoms in total. The van der Waals surface area contributed by atoms with E-state index in [-0.39, 0.29) is 10.8 Å². The number of hydrogen-bond acceptors (Lipinski definition) is 5. The molecule has 0 aliphatic heterocycles. The molecule has 0 unspecified atom stereocenters. The van der Waals surface area contributed by atoms with Gasteiger partial charge in [0.05, 0.1) is 0 Å². The summed E-state index contributed by atoms with van der Waals surface area (Å²) >= 11 is 0. The SMILES string of the molecule is CC(=O)OO[C@@]1(O)CC[C@@]2(C)[C@H](CC[C@@H]3[C@@H]2CC[C@]2(C)C(=O)CC[C@@H]32)C1. The number of carbonyl (C=O) groups excluding carboxylic acids is 2. The molecule has 0 bridgehead atoms. The van der Waals surface area contributed by atoms with Crippen LogP contribution < -0.4 is 0 Å². The van der Waals surface area contributed by atoms with E-state index in [4.69, 9.17) is 4.89 Å². The van der Waals surface area contributed by atoms with E-state index in [2.05, 4.69) is 18.7 Å². The van der Waals surface area contributed by atoms with Gasteiger partial charge in [-0.15, -0.1) is 4.89 Å². The Morgan fingerprint density at radius 3 is 2.58 bits per heavy atom. The minimum absolute atomic E-state index is 0.0851. The summed E-state index contributed by atoms with van der Waals surface area (Å²) in [6.07, 6.45) is 8.09. The van der Waals surface area contributed by atoms with Crippen LogP contribution in [0.3, 0.4) is 0 Å². The summed E-state index contributed by atoms with van der Waals surface area (Å²) in [6, 6.07) is 0. The van der Waals surface area contributed by atoms with Crippen LogP contribution in [0.15, 0.2) is 0 Å². The highest BCUT2D eigenvalue weighted by atomic mass is 17.2. The van der Waals surface area contributed by atoms with Gasteiger partial charge in [-0.3, -0.25) is 9.68 Å². The average Bonchev–Trinajstić information content (AvgIpc) is 2.89. The van der Waals surface area contributed by atoms with Crippen LogP contribution in [0.25, 0.3) is 0 Å². The Morgan fingerprint density at radius 1 is 1.08 bits per heavy atom. The van der Waals surface area contributed by atoms with E-state index in [0.29, 0.717) is 42.3 Å². The Bertz CT molecular complexity index is 618. The summed E-state index contributed by atoms with van der Waals surface area (Å²) < 4.78 is 0. The van der Waals surface area contributed by atoms with Crippen molar-refractivity contribution in [2.75, 3.05) is 0 Å². The third-order valence-corrected chi connectivity index (χ3v) is 8.71. The number of carbonyl (C=O) groups is 2. The molecule has 4 fully saturated rings. The molecule has 4 rings (SSSR count). The van der Waals surface area contributed by atoms with E-state index >= 15 is 0 Å². The Hall–Kier alpha value is -0.940. The molecule has 5 heteroatoms. The second kappa shape index (κ2) is 6.03. The van der Waals surface area contributed by atoms with E-state index < -0.39 is 11.8 Å². The molecule has 0 aromatic rings. The van der Waals surface area contributed by atoms with Gasteiger partial charge in [0.2, 0.25) is 5.79 Å². The quantitative estimate of drug-likeness (QED) is 0.459. The summed E-state index contributed by atoms with van der Waals surface area (Å²) in [6.45, 7) is 5.88. The maximum atomic E-state index is 12.5. The van der Waals surface area contributed by atoms with Crippen LogP contribution in [-0.2, 0) is 19.4 Å². The minimum Gasteiger partial charge on any atom is -0.362 e. The molecule has 0 amide bonds. The zero-order valence-electron chi connectivity index (χ0n) is 16.3. The van der Waals surface area contributed by atoms with Crippen molar-refractivity contribution in [3.8, 4) is 0 Å². The van der Waals surface area contributed by atoms with Gasteiger partial charge in [-0.25, -0.2) is 4.79 Å². The van der Waals surface area contributed by atoms with Crippen molar-refractivity contribution < 1.29 is 24.5 Å². The molecule has 146 valence electrons. The van der Waals surface area contributed by atoms with Crippen molar-refractivity contribution in [3.63, 3.8) is 0 Å².